The van der Waals surface area contributed by atoms with Gasteiger partial charge in [-0.25, -0.2) is 4.79 Å². The quantitative estimate of drug-likeness (QED) is 0.754. The van der Waals surface area contributed by atoms with Gasteiger partial charge in [0.25, 0.3) is 0 Å². The average molecular weight is 368 g/mol. The van der Waals surface area contributed by atoms with Crippen molar-refractivity contribution in [3.63, 3.8) is 0 Å². The van der Waals surface area contributed by atoms with Gasteiger partial charge in [-0.05, 0) is 49.4 Å². The van der Waals surface area contributed by atoms with Crippen LogP contribution in [0.5, 0.6) is 0 Å². The van der Waals surface area contributed by atoms with Gasteiger partial charge in [0.05, 0.1) is 10.7 Å². The summed E-state index contributed by atoms with van der Waals surface area (Å²) in [6.07, 6.45) is 0. The molecule has 0 aliphatic rings. The van der Waals surface area contributed by atoms with Crippen LogP contribution >= 0.6 is 27.5 Å². The van der Waals surface area contributed by atoms with Crippen molar-refractivity contribution in [2.75, 3.05) is 10.6 Å². The van der Waals surface area contributed by atoms with E-state index in [9.17, 15) is 9.59 Å². The number of amides is 2. The van der Waals surface area contributed by atoms with Gasteiger partial charge in [0.2, 0.25) is 0 Å². The Bertz CT molecular complexity index is 687. The molecule has 2 rings (SSSR count). The Morgan fingerprint density at radius 2 is 1.71 bits per heavy atom. The highest BCUT2D eigenvalue weighted by Gasteiger charge is 2.07. The molecule has 21 heavy (non-hydrogen) atoms. The van der Waals surface area contributed by atoms with Gasteiger partial charge in [0.1, 0.15) is 0 Å². The number of ketones is 1. The Morgan fingerprint density at radius 3 is 2.29 bits per heavy atom. The predicted molar refractivity (Wildman–Crippen MR) is 88.2 cm³/mol. The zero-order valence-corrected chi connectivity index (χ0v) is 13.5. The molecule has 4 nitrogen and oxygen atoms in total. The van der Waals surface area contributed by atoms with E-state index in [4.69, 9.17) is 11.6 Å². The summed E-state index contributed by atoms with van der Waals surface area (Å²) in [6.45, 7) is 1.49. The van der Waals surface area contributed by atoms with Crippen molar-refractivity contribution >= 4 is 50.7 Å². The lowest BCUT2D eigenvalue weighted by molar-refractivity contribution is 0.101. The maximum Gasteiger partial charge on any atom is 0.323 e. The Hall–Kier alpha value is -1.85. The van der Waals surface area contributed by atoms with Gasteiger partial charge in [-0.15, -0.1) is 0 Å². The first kappa shape index (κ1) is 15.5. The summed E-state index contributed by atoms with van der Waals surface area (Å²) in [5, 5.41) is 5.76. The number of benzene rings is 2. The summed E-state index contributed by atoms with van der Waals surface area (Å²) in [5.41, 5.74) is 1.69. The number of halogens is 2. The SMILES string of the molecule is CC(=O)c1ccc(NC(=O)Nc2ccc(Br)cc2Cl)cc1. The highest BCUT2D eigenvalue weighted by molar-refractivity contribution is 9.10. The third-order valence-electron chi connectivity index (χ3n) is 2.73. The van der Waals surface area contributed by atoms with E-state index in [0.717, 1.165) is 4.47 Å². The fourth-order valence-electron chi connectivity index (χ4n) is 1.66. The summed E-state index contributed by atoms with van der Waals surface area (Å²) in [5.74, 6) is -0.0207. The maximum atomic E-state index is 11.9. The molecule has 0 aliphatic heterocycles. The summed E-state index contributed by atoms with van der Waals surface area (Å²) in [4.78, 5) is 23.0. The molecule has 0 unspecified atom stereocenters. The van der Waals surface area contributed by atoms with Crippen LogP contribution < -0.4 is 10.6 Å². The molecule has 2 aromatic carbocycles. The van der Waals surface area contributed by atoms with Gasteiger partial charge in [-0.3, -0.25) is 4.79 Å². The lowest BCUT2D eigenvalue weighted by Gasteiger charge is -2.09. The summed E-state index contributed by atoms with van der Waals surface area (Å²) < 4.78 is 0.832. The van der Waals surface area contributed by atoms with Gasteiger partial charge >= 0.3 is 6.03 Å². The van der Waals surface area contributed by atoms with Gasteiger partial charge in [0.15, 0.2) is 5.78 Å². The van der Waals surface area contributed by atoms with Crippen LogP contribution in [0.15, 0.2) is 46.9 Å². The van der Waals surface area contributed by atoms with E-state index in [2.05, 4.69) is 26.6 Å². The molecule has 0 saturated carbocycles. The van der Waals surface area contributed by atoms with Crippen LogP contribution in [0.3, 0.4) is 0 Å². The Morgan fingerprint density at radius 1 is 1.05 bits per heavy atom. The summed E-state index contributed by atoms with van der Waals surface area (Å²) in [7, 11) is 0. The largest absolute Gasteiger partial charge is 0.323 e. The van der Waals surface area contributed by atoms with E-state index in [0.29, 0.717) is 22.0 Å². The van der Waals surface area contributed by atoms with Crippen LogP contribution in [0.1, 0.15) is 17.3 Å². The molecule has 0 aliphatic carbocycles. The minimum absolute atomic E-state index is 0.0207. The van der Waals surface area contributed by atoms with Gasteiger partial charge in [-0.2, -0.15) is 0 Å². The molecule has 0 aromatic heterocycles. The number of rotatable bonds is 3. The molecule has 0 saturated heterocycles. The summed E-state index contributed by atoms with van der Waals surface area (Å²) in [6, 6.07) is 11.4. The molecule has 0 bridgehead atoms. The molecule has 0 spiro atoms. The smallest absolute Gasteiger partial charge is 0.308 e. The highest BCUT2D eigenvalue weighted by atomic mass is 79.9. The van der Waals surface area contributed by atoms with Gasteiger partial charge in [-0.1, -0.05) is 27.5 Å². The first-order chi connectivity index (χ1) is 9.95. The first-order valence-electron chi connectivity index (χ1n) is 6.10. The number of carbonyl (C=O) groups is 2. The van der Waals surface area contributed by atoms with E-state index < -0.39 is 6.03 Å². The second kappa shape index (κ2) is 6.74. The molecule has 0 atom stereocenters. The van der Waals surface area contributed by atoms with Crippen molar-refractivity contribution in [2.24, 2.45) is 0 Å². The molecule has 0 fully saturated rings. The third-order valence-corrected chi connectivity index (χ3v) is 3.53. The number of hydrogen-bond acceptors (Lipinski definition) is 2. The standard InChI is InChI=1S/C15H12BrClN2O2/c1-9(20)10-2-5-12(6-3-10)18-15(21)19-14-7-4-11(16)8-13(14)17/h2-8H,1H3,(H2,18,19,21). The van der Waals surface area contributed by atoms with Crippen LogP contribution in [0.2, 0.25) is 5.02 Å². The van der Waals surface area contributed by atoms with Crippen LogP contribution in [0.25, 0.3) is 0 Å². The zero-order valence-electron chi connectivity index (χ0n) is 11.1. The van der Waals surface area contributed by atoms with Crippen LogP contribution in [-0.2, 0) is 0 Å². The van der Waals surface area contributed by atoms with Crippen LogP contribution in [0.4, 0.5) is 16.2 Å². The lowest BCUT2D eigenvalue weighted by Crippen LogP contribution is -2.19. The zero-order chi connectivity index (χ0) is 15.4. The van der Waals surface area contributed by atoms with Crippen molar-refractivity contribution in [1.29, 1.82) is 0 Å². The molecule has 108 valence electrons. The number of urea groups is 1. The number of nitrogens with one attached hydrogen (secondary N) is 2. The van der Waals surface area contributed by atoms with Crippen molar-refractivity contribution in [2.45, 2.75) is 6.92 Å². The predicted octanol–water partition coefficient (Wildman–Crippen LogP) is 4.95. The Kier molecular flexibility index (Phi) is 4.98. The van der Waals surface area contributed by atoms with E-state index >= 15 is 0 Å². The van der Waals surface area contributed by atoms with E-state index in [1.165, 1.54) is 6.92 Å². The van der Waals surface area contributed by atoms with Crippen molar-refractivity contribution in [3.8, 4) is 0 Å². The van der Waals surface area contributed by atoms with E-state index in [1.807, 2.05) is 0 Å². The minimum Gasteiger partial charge on any atom is -0.308 e. The Balaban J connectivity index is 2.02. The molecular formula is C15H12BrClN2O2. The highest BCUT2D eigenvalue weighted by Crippen LogP contribution is 2.25. The maximum absolute atomic E-state index is 11.9. The number of carbonyl (C=O) groups excluding carboxylic acids is 2. The monoisotopic (exact) mass is 366 g/mol. The normalized spacial score (nSPS) is 10.0. The first-order valence-corrected chi connectivity index (χ1v) is 7.27. The van der Waals surface area contributed by atoms with Crippen molar-refractivity contribution < 1.29 is 9.59 Å². The second-order valence-corrected chi connectivity index (χ2v) is 5.66. The second-order valence-electron chi connectivity index (χ2n) is 4.34. The van der Waals surface area contributed by atoms with E-state index in [1.54, 1.807) is 42.5 Å². The fraction of sp³-hybridized carbons (Fsp3) is 0.0667. The molecule has 2 aromatic rings. The average Bonchev–Trinajstić information content (AvgIpc) is 2.42. The van der Waals surface area contributed by atoms with E-state index in [-0.39, 0.29) is 5.78 Å². The molecular weight excluding hydrogens is 356 g/mol. The third kappa shape index (κ3) is 4.31. The van der Waals surface area contributed by atoms with Crippen molar-refractivity contribution in [1.82, 2.24) is 0 Å². The molecule has 2 amide bonds. The number of hydrogen-bond donors (Lipinski definition) is 2. The van der Waals surface area contributed by atoms with Gasteiger partial charge < -0.3 is 10.6 Å². The molecule has 0 radical (unpaired) electrons. The topological polar surface area (TPSA) is 58.2 Å². The fourth-order valence-corrected chi connectivity index (χ4v) is 2.38. The minimum atomic E-state index is -0.408. The van der Waals surface area contributed by atoms with Crippen LogP contribution in [-0.4, -0.2) is 11.8 Å². The molecule has 2 N–H and O–H groups in total. The molecule has 0 heterocycles. The Labute approximate surface area is 135 Å². The lowest BCUT2D eigenvalue weighted by atomic mass is 10.1. The van der Waals surface area contributed by atoms with Crippen LogP contribution in [0, 0.1) is 0 Å². The van der Waals surface area contributed by atoms with Crippen molar-refractivity contribution in [3.05, 3.63) is 57.5 Å². The number of anilines is 2. The van der Waals surface area contributed by atoms with Gasteiger partial charge in [0, 0.05) is 15.7 Å². The summed E-state index contributed by atoms with van der Waals surface area (Å²) >= 11 is 9.32. The number of Topliss-reactive ketones (excluding diaryl/α,β-unsaturated/α-hetero) is 1. The molecule has 6 heteroatoms.